The van der Waals surface area contributed by atoms with Crippen molar-refractivity contribution in [3.8, 4) is 11.4 Å². The molecular formula is C24H26N4O4. The number of anilines is 2. The third-order valence-electron chi connectivity index (χ3n) is 5.47. The number of nitrogens with one attached hydrogen (secondary N) is 1. The van der Waals surface area contributed by atoms with Crippen LogP contribution in [0.5, 0.6) is 0 Å². The molecule has 0 radical (unpaired) electrons. The van der Waals surface area contributed by atoms with Crippen LogP contribution < -0.4 is 10.2 Å². The van der Waals surface area contributed by atoms with Gasteiger partial charge in [0.05, 0.1) is 12.7 Å². The highest BCUT2D eigenvalue weighted by Crippen LogP contribution is 2.24. The standard InChI is InChI=1S/C24H26N4O4/c1-31-24(30)18-5-9-19(10-6-18)25-21(29)13-14-22-26-23(27-32-22)17-7-11-20(12-8-17)28-15-3-2-4-16-28/h5-12H,2-4,13-16H2,1H3,(H,25,29). The number of carbonyl (C=O) groups is 2. The number of piperidine rings is 1. The third-order valence-corrected chi connectivity index (χ3v) is 5.47. The zero-order valence-corrected chi connectivity index (χ0v) is 18.0. The van der Waals surface area contributed by atoms with E-state index in [4.69, 9.17) is 4.52 Å². The Labute approximate surface area is 186 Å². The molecule has 0 unspecified atom stereocenters. The lowest BCUT2D eigenvalue weighted by Gasteiger charge is -2.28. The van der Waals surface area contributed by atoms with Crippen LogP contribution in [0.4, 0.5) is 11.4 Å². The minimum atomic E-state index is -0.420. The normalized spacial score (nSPS) is 13.6. The molecule has 8 heteroatoms. The zero-order chi connectivity index (χ0) is 22.3. The molecule has 0 aliphatic carbocycles. The molecule has 1 saturated heterocycles. The van der Waals surface area contributed by atoms with Gasteiger partial charge in [0.1, 0.15) is 0 Å². The van der Waals surface area contributed by atoms with E-state index < -0.39 is 5.97 Å². The van der Waals surface area contributed by atoms with Crippen molar-refractivity contribution < 1.29 is 18.8 Å². The number of rotatable bonds is 7. The number of methoxy groups -OCH3 is 1. The van der Waals surface area contributed by atoms with Gasteiger partial charge in [-0.3, -0.25) is 4.79 Å². The SMILES string of the molecule is COC(=O)c1ccc(NC(=O)CCc2nc(-c3ccc(N4CCCCC4)cc3)no2)cc1. The summed E-state index contributed by atoms with van der Waals surface area (Å²) in [4.78, 5) is 30.5. The van der Waals surface area contributed by atoms with E-state index in [-0.39, 0.29) is 12.3 Å². The minimum absolute atomic E-state index is 0.179. The molecule has 166 valence electrons. The van der Waals surface area contributed by atoms with Crippen LogP contribution in [-0.2, 0) is 16.0 Å². The summed E-state index contributed by atoms with van der Waals surface area (Å²) < 4.78 is 9.98. The van der Waals surface area contributed by atoms with Crippen molar-refractivity contribution in [3.05, 3.63) is 60.0 Å². The summed E-state index contributed by atoms with van der Waals surface area (Å²) in [5.74, 6) is 0.331. The number of hydrogen-bond acceptors (Lipinski definition) is 7. The maximum atomic E-state index is 12.2. The molecule has 0 spiro atoms. The lowest BCUT2D eigenvalue weighted by Crippen LogP contribution is -2.29. The Hall–Kier alpha value is -3.68. The molecule has 0 saturated carbocycles. The van der Waals surface area contributed by atoms with E-state index in [0.29, 0.717) is 29.4 Å². The monoisotopic (exact) mass is 434 g/mol. The maximum Gasteiger partial charge on any atom is 0.337 e. The Morgan fingerprint density at radius 1 is 1.03 bits per heavy atom. The molecule has 2 heterocycles. The Morgan fingerprint density at radius 2 is 1.75 bits per heavy atom. The van der Waals surface area contributed by atoms with Crippen molar-refractivity contribution in [2.24, 2.45) is 0 Å². The van der Waals surface area contributed by atoms with E-state index in [1.165, 1.54) is 32.1 Å². The average molecular weight is 434 g/mol. The molecule has 1 aromatic heterocycles. The lowest BCUT2D eigenvalue weighted by molar-refractivity contribution is -0.116. The van der Waals surface area contributed by atoms with Crippen molar-refractivity contribution in [3.63, 3.8) is 0 Å². The van der Waals surface area contributed by atoms with Gasteiger partial charge in [0.2, 0.25) is 17.6 Å². The minimum Gasteiger partial charge on any atom is -0.465 e. The molecule has 1 aliphatic rings. The number of hydrogen-bond donors (Lipinski definition) is 1. The fraction of sp³-hybridized carbons (Fsp3) is 0.333. The summed E-state index contributed by atoms with van der Waals surface area (Å²) in [5, 5.41) is 6.84. The van der Waals surface area contributed by atoms with Crippen LogP contribution in [0.3, 0.4) is 0 Å². The summed E-state index contributed by atoms with van der Waals surface area (Å²) >= 11 is 0. The maximum absolute atomic E-state index is 12.2. The fourth-order valence-corrected chi connectivity index (χ4v) is 3.70. The van der Waals surface area contributed by atoms with Crippen LogP contribution >= 0.6 is 0 Å². The second kappa shape index (κ2) is 10.1. The summed E-state index contributed by atoms with van der Waals surface area (Å²) in [6.07, 6.45) is 4.32. The van der Waals surface area contributed by atoms with Gasteiger partial charge in [-0.1, -0.05) is 5.16 Å². The van der Waals surface area contributed by atoms with Crippen LogP contribution in [0.2, 0.25) is 0 Å². The Morgan fingerprint density at radius 3 is 2.44 bits per heavy atom. The number of amides is 1. The van der Waals surface area contributed by atoms with Crippen LogP contribution in [0, 0.1) is 0 Å². The van der Waals surface area contributed by atoms with Crippen LogP contribution in [0.1, 0.15) is 41.9 Å². The molecule has 2 aromatic carbocycles. The topological polar surface area (TPSA) is 97.6 Å². The zero-order valence-electron chi connectivity index (χ0n) is 18.0. The van der Waals surface area contributed by atoms with E-state index in [9.17, 15) is 9.59 Å². The fourth-order valence-electron chi connectivity index (χ4n) is 3.70. The van der Waals surface area contributed by atoms with Gasteiger partial charge in [-0.2, -0.15) is 4.98 Å². The molecule has 0 atom stereocenters. The van der Waals surface area contributed by atoms with Crippen molar-refractivity contribution in [2.45, 2.75) is 32.1 Å². The summed E-state index contributed by atoms with van der Waals surface area (Å²) in [5.41, 5.74) is 3.12. The molecule has 4 rings (SSSR count). The quantitative estimate of drug-likeness (QED) is 0.560. The van der Waals surface area contributed by atoms with Crippen molar-refractivity contribution >= 4 is 23.3 Å². The summed E-state index contributed by atoms with van der Waals surface area (Å²) in [6, 6.07) is 14.7. The van der Waals surface area contributed by atoms with Crippen molar-refractivity contribution in [2.75, 3.05) is 30.4 Å². The predicted molar refractivity (Wildman–Crippen MR) is 121 cm³/mol. The van der Waals surface area contributed by atoms with Crippen LogP contribution in [0.25, 0.3) is 11.4 Å². The first-order valence-corrected chi connectivity index (χ1v) is 10.8. The van der Waals surface area contributed by atoms with Gasteiger partial charge in [0, 0.05) is 42.9 Å². The molecule has 1 fully saturated rings. The van der Waals surface area contributed by atoms with E-state index in [1.807, 2.05) is 12.1 Å². The third kappa shape index (κ3) is 5.32. The van der Waals surface area contributed by atoms with Gasteiger partial charge in [0.15, 0.2) is 0 Å². The first-order chi connectivity index (χ1) is 15.6. The smallest absolute Gasteiger partial charge is 0.337 e. The Kier molecular flexibility index (Phi) is 6.79. The number of ether oxygens (including phenoxy) is 1. The Balaban J connectivity index is 1.29. The predicted octanol–water partition coefficient (Wildman–Crippen LogP) is 4.08. The molecule has 32 heavy (non-hydrogen) atoms. The molecule has 3 aromatic rings. The molecule has 1 N–H and O–H groups in total. The summed E-state index contributed by atoms with van der Waals surface area (Å²) in [6.45, 7) is 2.20. The van der Waals surface area contributed by atoms with Gasteiger partial charge in [-0.15, -0.1) is 0 Å². The van der Waals surface area contributed by atoms with Crippen molar-refractivity contribution in [1.82, 2.24) is 10.1 Å². The first-order valence-electron chi connectivity index (χ1n) is 10.8. The van der Waals surface area contributed by atoms with Gasteiger partial charge in [-0.25, -0.2) is 4.79 Å². The van der Waals surface area contributed by atoms with Crippen LogP contribution in [-0.4, -0.2) is 42.2 Å². The van der Waals surface area contributed by atoms with E-state index in [1.54, 1.807) is 24.3 Å². The lowest BCUT2D eigenvalue weighted by atomic mass is 10.1. The van der Waals surface area contributed by atoms with Crippen LogP contribution in [0.15, 0.2) is 53.1 Å². The van der Waals surface area contributed by atoms with Crippen molar-refractivity contribution in [1.29, 1.82) is 0 Å². The highest BCUT2D eigenvalue weighted by molar-refractivity contribution is 5.93. The molecular weight excluding hydrogens is 408 g/mol. The molecule has 8 nitrogen and oxygen atoms in total. The number of aryl methyl sites for hydroxylation is 1. The Bertz CT molecular complexity index is 1050. The van der Waals surface area contributed by atoms with E-state index in [2.05, 4.69) is 37.2 Å². The average Bonchev–Trinajstić information content (AvgIpc) is 3.32. The number of aromatic nitrogens is 2. The van der Waals surface area contributed by atoms with E-state index in [0.717, 1.165) is 18.7 Å². The molecule has 1 aliphatic heterocycles. The number of carbonyl (C=O) groups excluding carboxylic acids is 2. The van der Waals surface area contributed by atoms with Gasteiger partial charge in [0.25, 0.3) is 0 Å². The van der Waals surface area contributed by atoms with Gasteiger partial charge in [-0.05, 0) is 67.8 Å². The largest absolute Gasteiger partial charge is 0.465 e. The number of esters is 1. The number of nitrogens with zero attached hydrogens (tertiary/aromatic N) is 3. The van der Waals surface area contributed by atoms with Gasteiger partial charge >= 0.3 is 5.97 Å². The highest BCUT2D eigenvalue weighted by Gasteiger charge is 2.14. The number of benzene rings is 2. The molecule has 0 bridgehead atoms. The highest BCUT2D eigenvalue weighted by atomic mass is 16.5. The second-order valence-corrected chi connectivity index (χ2v) is 7.72. The van der Waals surface area contributed by atoms with Gasteiger partial charge < -0.3 is 19.5 Å². The first kappa shape index (κ1) is 21.5. The summed E-state index contributed by atoms with van der Waals surface area (Å²) in [7, 11) is 1.33. The molecule has 1 amide bonds. The second-order valence-electron chi connectivity index (χ2n) is 7.72. The van der Waals surface area contributed by atoms with E-state index >= 15 is 0 Å².